The smallest absolute Gasteiger partial charge is 0.224 e. The Morgan fingerprint density at radius 3 is 2.82 bits per heavy atom. The lowest BCUT2D eigenvalue weighted by molar-refractivity contribution is -0.120. The first-order valence-corrected chi connectivity index (χ1v) is 5.39. The Labute approximate surface area is 101 Å². The van der Waals surface area contributed by atoms with Gasteiger partial charge in [0.05, 0.1) is 17.9 Å². The zero-order valence-electron chi connectivity index (χ0n) is 10.0. The molecule has 90 valence electrons. The Kier molecular flexibility index (Phi) is 4.11. The van der Waals surface area contributed by atoms with Gasteiger partial charge < -0.3 is 10.4 Å². The second kappa shape index (κ2) is 5.35. The molecule has 4 heteroatoms. The number of amides is 1. The van der Waals surface area contributed by atoms with E-state index in [-0.39, 0.29) is 18.1 Å². The van der Waals surface area contributed by atoms with Crippen LogP contribution in [0.15, 0.2) is 24.3 Å². The zero-order valence-corrected chi connectivity index (χ0v) is 10.0. The van der Waals surface area contributed by atoms with Gasteiger partial charge >= 0.3 is 0 Å². The van der Waals surface area contributed by atoms with Crippen molar-refractivity contribution in [3.05, 3.63) is 29.8 Å². The molecule has 1 aromatic carbocycles. The molecule has 0 aromatic heterocycles. The van der Waals surface area contributed by atoms with Gasteiger partial charge in [0.25, 0.3) is 0 Å². The van der Waals surface area contributed by atoms with Crippen molar-refractivity contribution in [1.29, 1.82) is 5.26 Å². The first kappa shape index (κ1) is 13.0. The molecule has 0 spiro atoms. The van der Waals surface area contributed by atoms with Crippen molar-refractivity contribution in [2.45, 2.75) is 20.3 Å². The number of carbonyl (C=O) groups excluding carboxylic acids is 1. The van der Waals surface area contributed by atoms with Crippen LogP contribution >= 0.6 is 0 Å². The fourth-order valence-electron chi connectivity index (χ4n) is 1.27. The fraction of sp³-hybridized carbons (Fsp3) is 0.385. The number of hydrogen-bond donors (Lipinski definition) is 2. The monoisotopic (exact) mass is 232 g/mol. The minimum atomic E-state index is -0.561. The maximum absolute atomic E-state index is 11.6. The second-order valence-electron chi connectivity index (χ2n) is 4.62. The van der Waals surface area contributed by atoms with Gasteiger partial charge in [-0.3, -0.25) is 4.79 Å². The van der Waals surface area contributed by atoms with E-state index in [0.29, 0.717) is 6.54 Å². The van der Waals surface area contributed by atoms with Crippen LogP contribution in [0.2, 0.25) is 0 Å². The summed E-state index contributed by atoms with van der Waals surface area (Å²) in [7, 11) is 0. The number of phenols is 1. The van der Waals surface area contributed by atoms with E-state index in [4.69, 9.17) is 5.26 Å². The number of carbonyl (C=O) groups is 1. The standard InChI is InChI=1S/C13H16N2O2/c1-13(2,8-14)9-15-12(17)7-10-4-3-5-11(16)6-10/h3-6,16H,7,9H2,1-2H3,(H,15,17). The van der Waals surface area contributed by atoms with Crippen molar-refractivity contribution >= 4 is 5.91 Å². The maximum atomic E-state index is 11.6. The number of hydrogen-bond acceptors (Lipinski definition) is 3. The van der Waals surface area contributed by atoms with Crippen LogP contribution in [0.1, 0.15) is 19.4 Å². The van der Waals surface area contributed by atoms with Crippen molar-refractivity contribution in [2.24, 2.45) is 5.41 Å². The summed E-state index contributed by atoms with van der Waals surface area (Å²) in [6.45, 7) is 3.85. The van der Waals surface area contributed by atoms with Crippen molar-refractivity contribution in [3.8, 4) is 11.8 Å². The number of aromatic hydroxyl groups is 1. The predicted octanol–water partition coefficient (Wildman–Crippen LogP) is 1.60. The number of nitrogens with one attached hydrogen (secondary N) is 1. The van der Waals surface area contributed by atoms with Gasteiger partial charge in [-0.1, -0.05) is 12.1 Å². The first-order valence-electron chi connectivity index (χ1n) is 5.39. The third-order valence-electron chi connectivity index (χ3n) is 2.31. The van der Waals surface area contributed by atoms with E-state index < -0.39 is 5.41 Å². The molecular weight excluding hydrogens is 216 g/mol. The molecule has 0 unspecified atom stereocenters. The normalized spacial score (nSPS) is 10.6. The molecule has 1 aromatic rings. The molecule has 0 saturated carbocycles. The maximum Gasteiger partial charge on any atom is 0.224 e. The molecule has 4 nitrogen and oxygen atoms in total. The lowest BCUT2D eigenvalue weighted by Crippen LogP contribution is -2.34. The van der Waals surface area contributed by atoms with Gasteiger partial charge in [-0.05, 0) is 31.5 Å². The van der Waals surface area contributed by atoms with Crippen LogP contribution in [-0.2, 0) is 11.2 Å². The van der Waals surface area contributed by atoms with Gasteiger partial charge in [0.15, 0.2) is 0 Å². The van der Waals surface area contributed by atoms with Crippen molar-refractivity contribution < 1.29 is 9.90 Å². The van der Waals surface area contributed by atoms with Gasteiger partial charge in [-0.25, -0.2) is 0 Å². The quantitative estimate of drug-likeness (QED) is 0.828. The van der Waals surface area contributed by atoms with E-state index in [1.807, 2.05) is 0 Å². The molecule has 0 aliphatic rings. The fourth-order valence-corrected chi connectivity index (χ4v) is 1.27. The minimum Gasteiger partial charge on any atom is -0.508 e. The van der Waals surface area contributed by atoms with E-state index >= 15 is 0 Å². The molecule has 0 saturated heterocycles. The summed E-state index contributed by atoms with van der Waals surface area (Å²) in [5.74, 6) is -0.00780. The molecule has 17 heavy (non-hydrogen) atoms. The van der Waals surface area contributed by atoms with Crippen molar-refractivity contribution in [1.82, 2.24) is 5.32 Å². The van der Waals surface area contributed by atoms with Crippen LogP contribution in [0, 0.1) is 16.7 Å². The summed E-state index contributed by atoms with van der Waals surface area (Å²) in [6.07, 6.45) is 0.204. The number of rotatable bonds is 4. The number of phenolic OH excluding ortho intramolecular Hbond substituents is 1. The van der Waals surface area contributed by atoms with Crippen LogP contribution in [0.3, 0.4) is 0 Å². The molecular formula is C13H16N2O2. The van der Waals surface area contributed by atoms with Gasteiger partial charge in [-0.15, -0.1) is 0 Å². The van der Waals surface area contributed by atoms with Crippen LogP contribution in [0.25, 0.3) is 0 Å². The Hall–Kier alpha value is -2.02. The summed E-state index contributed by atoms with van der Waals surface area (Å²) < 4.78 is 0. The molecule has 0 aliphatic heterocycles. The van der Waals surface area contributed by atoms with E-state index in [9.17, 15) is 9.90 Å². The minimum absolute atomic E-state index is 0.146. The highest BCUT2D eigenvalue weighted by Crippen LogP contribution is 2.12. The summed E-state index contributed by atoms with van der Waals surface area (Å²) in [5.41, 5.74) is 0.186. The molecule has 0 aliphatic carbocycles. The zero-order chi connectivity index (χ0) is 12.9. The average Bonchev–Trinajstić information content (AvgIpc) is 2.27. The predicted molar refractivity (Wildman–Crippen MR) is 64.2 cm³/mol. The molecule has 0 bridgehead atoms. The number of nitriles is 1. The van der Waals surface area contributed by atoms with Crippen LogP contribution in [0.4, 0.5) is 0 Å². The largest absolute Gasteiger partial charge is 0.508 e. The van der Waals surface area contributed by atoms with Gasteiger partial charge in [0.1, 0.15) is 5.75 Å². The Bertz CT molecular complexity index is 447. The molecule has 0 heterocycles. The molecule has 0 fully saturated rings. The summed E-state index contributed by atoms with van der Waals surface area (Å²) >= 11 is 0. The molecule has 0 radical (unpaired) electrons. The average molecular weight is 232 g/mol. The lowest BCUT2D eigenvalue weighted by Gasteiger charge is -2.15. The number of benzene rings is 1. The van der Waals surface area contributed by atoms with E-state index in [2.05, 4.69) is 11.4 Å². The molecule has 1 amide bonds. The summed E-state index contributed by atoms with van der Waals surface area (Å²) in [6, 6.07) is 8.69. The third kappa shape index (κ3) is 4.56. The molecule has 2 N–H and O–H groups in total. The molecule has 1 rings (SSSR count). The highest BCUT2D eigenvalue weighted by Gasteiger charge is 2.17. The SMILES string of the molecule is CC(C)(C#N)CNC(=O)Cc1cccc(O)c1. The van der Waals surface area contributed by atoms with E-state index in [0.717, 1.165) is 5.56 Å². The second-order valence-corrected chi connectivity index (χ2v) is 4.62. The third-order valence-corrected chi connectivity index (χ3v) is 2.31. The van der Waals surface area contributed by atoms with Crippen LogP contribution in [-0.4, -0.2) is 17.6 Å². The number of nitrogens with zero attached hydrogens (tertiary/aromatic N) is 1. The Balaban J connectivity index is 2.49. The Morgan fingerprint density at radius 2 is 2.24 bits per heavy atom. The summed E-state index contributed by atoms with van der Waals surface area (Å²) in [5, 5.41) is 20.7. The highest BCUT2D eigenvalue weighted by molar-refractivity contribution is 5.78. The van der Waals surface area contributed by atoms with Gasteiger partial charge in [0.2, 0.25) is 5.91 Å². The summed E-state index contributed by atoms with van der Waals surface area (Å²) in [4.78, 5) is 11.6. The molecule has 0 atom stereocenters. The van der Waals surface area contributed by atoms with Crippen molar-refractivity contribution in [2.75, 3.05) is 6.54 Å². The Morgan fingerprint density at radius 1 is 1.53 bits per heavy atom. The van der Waals surface area contributed by atoms with Gasteiger partial charge in [-0.2, -0.15) is 5.26 Å². The first-order chi connectivity index (χ1) is 7.93. The topological polar surface area (TPSA) is 73.1 Å². The van der Waals surface area contributed by atoms with Gasteiger partial charge in [0, 0.05) is 6.54 Å². The van der Waals surface area contributed by atoms with Crippen LogP contribution in [0.5, 0.6) is 5.75 Å². The van der Waals surface area contributed by atoms with Crippen LogP contribution < -0.4 is 5.32 Å². The lowest BCUT2D eigenvalue weighted by atomic mass is 9.96. The van der Waals surface area contributed by atoms with Crippen molar-refractivity contribution in [3.63, 3.8) is 0 Å². The highest BCUT2D eigenvalue weighted by atomic mass is 16.3. The van der Waals surface area contributed by atoms with E-state index in [1.54, 1.807) is 38.1 Å². The van der Waals surface area contributed by atoms with E-state index in [1.165, 1.54) is 0 Å².